The molecule has 0 spiro atoms. The summed E-state index contributed by atoms with van der Waals surface area (Å²) in [6.45, 7) is 0. The van der Waals surface area contributed by atoms with Gasteiger partial charge in [0, 0.05) is 42.2 Å². The second-order valence-electron chi connectivity index (χ2n) is 8.79. The zero-order valence-corrected chi connectivity index (χ0v) is 19.4. The molecule has 0 amide bonds. The third-order valence-corrected chi connectivity index (χ3v) is 7.97. The summed E-state index contributed by atoms with van der Waals surface area (Å²) in [5.74, 6) is 0.657. The van der Waals surface area contributed by atoms with E-state index in [0.29, 0.717) is 5.89 Å². The highest BCUT2D eigenvalue weighted by molar-refractivity contribution is 7.26. The minimum Gasteiger partial charge on any atom is -0.435 e. The molecule has 0 saturated carbocycles. The van der Waals surface area contributed by atoms with Gasteiger partial charge in [-0.15, -0.1) is 11.3 Å². The van der Waals surface area contributed by atoms with Crippen molar-refractivity contribution in [1.29, 1.82) is 0 Å². The first-order valence-corrected chi connectivity index (χ1v) is 12.5. The lowest BCUT2D eigenvalue weighted by Gasteiger charge is -2.07. The van der Waals surface area contributed by atoms with Crippen LogP contribution in [0.25, 0.3) is 70.2 Å². The predicted molar refractivity (Wildman–Crippen MR) is 147 cm³/mol. The van der Waals surface area contributed by atoms with Gasteiger partial charge in [-0.3, -0.25) is 0 Å². The number of nitrogens with zero attached hydrogens (tertiary/aromatic N) is 2. The zero-order chi connectivity index (χ0) is 22.9. The molecule has 164 valence electrons. The van der Waals surface area contributed by atoms with Gasteiger partial charge in [0.15, 0.2) is 5.58 Å². The van der Waals surface area contributed by atoms with Crippen LogP contribution in [0, 0.1) is 0 Å². The Balaban J connectivity index is 1.47. The van der Waals surface area contributed by atoms with Crippen molar-refractivity contribution < 1.29 is 4.42 Å². The molecule has 3 aromatic heterocycles. The minimum atomic E-state index is 0.657. The molecule has 35 heavy (non-hydrogen) atoms. The molecule has 0 aliphatic rings. The van der Waals surface area contributed by atoms with Gasteiger partial charge in [-0.05, 0) is 48.5 Å². The molecule has 8 rings (SSSR count). The van der Waals surface area contributed by atoms with Crippen LogP contribution in [0.5, 0.6) is 0 Å². The van der Waals surface area contributed by atoms with Crippen LogP contribution >= 0.6 is 11.3 Å². The summed E-state index contributed by atoms with van der Waals surface area (Å²) < 4.78 is 11.4. The van der Waals surface area contributed by atoms with Crippen molar-refractivity contribution >= 4 is 64.4 Å². The van der Waals surface area contributed by atoms with Crippen molar-refractivity contribution in [2.45, 2.75) is 0 Å². The van der Waals surface area contributed by atoms with Crippen LogP contribution in [0.4, 0.5) is 0 Å². The highest BCUT2D eigenvalue weighted by Crippen LogP contribution is 2.42. The molecule has 0 saturated heterocycles. The van der Waals surface area contributed by atoms with Crippen LogP contribution < -0.4 is 0 Å². The van der Waals surface area contributed by atoms with Crippen molar-refractivity contribution in [2.24, 2.45) is 0 Å². The first kappa shape index (κ1) is 19.0. The van der Waals surface area contributed by atoms with Gasteiger partial charge in [0.25, 0.3) is 0 Å². The van der Waals surface area contributed by atoms with Crippen LogP contribution in [-0.2, 0) is 0 Å². The van der Waals surface area contributed by atoms with E-state index in [2.05, 4.69) is 114 Å². The van der Waals surface area contributed by atoms with E-state index in [1.165, 1.54) is 25.7 Å². The minimum absolute atomic E-state index is 0.657. The van der Waals surface area contributed by atoms with Crippen LogP contribution in [0.3, 0.4) is 0 Å². The van der Waals surface area contributed by atoms with E-state index in [1.807, 2.05) is 0 Å². The third kappa shape index (κ3) is 2.63. The average Bonchev–Trinajstić information content (AvgIpc) is 3.60. The molecule has 3 heterocycles. The van der Waals surface area contributed by atoms with Gasteiger partial charge in [-0.1, -0.05) is 60.7 Å². The van der Waals surface area contributed by atoms with Crippen molar-refractivity contribution in [3.8, 4) is 17.1 Å². The number of thiophene rings is 1. The second kappa shape index (κ2) is 7.05. The SMILES string of the molecule is c1ccc(-n2c3ccccc3c3c(-c4nc5ccc6sc7ccccc7c6c5o4)cccc32)cc1. The Hall–Kier alpha value is -4.41. The highest BCUT2D eigenvalue weighted by Gasteiger charge is 2.20. The van der Waals surface area contributed by atoms with Crippen LogP contribution in [0.1, 0.15) is 0 Å². The number of rotatable bonds is 2. The van der Waals surface area contributed by atoms with E-state index in [9.17, 15) is 0 Å². The van der Waals surface area contributed by atoms with Gasteiger partial charge in [-0.25, -0.2) is 4.98 Å². The Bertz CT molecular complexity index is 2060. The molecule has 0 radical (unpaired) electrons. The number of fused-ring (bicyclic) bond motifs is 8. The average molecular weight is 467 g/mol. The van der Waals surface area contributed by atoms with Gasteiger partial charge >= 0.3 is 0 Å². The number of hydrogen-bond acceptors (Lipinski definition) is 3. The second-order valence-corrected chi connectivity index (χ2v) is 9.88. The van der Waals surface area contributed by atoms with Gasteiger partial charge in [0.1, 0.15) is 5.52 Å². The van der Waals surface area contributed by atoms with Gasteiger partial charge < -0.3 is 8.98 Å². The fraction of sp³-hybridized carbons (Fsp3) is 0. The number of hydrogen-bond donors (Lipinski definition) is 0. The Morgan fingerprint density at radius 1 is 0.600 bits per heavy atom. The summed E-state index contributed by atoms with van der Waals surface area (Å²) >= 11 is 1.80. The number of aromatic nitrogens is 2. The monoisotopic (exact) mass is 466 g/mol. The largest absolute Gasteiger partial charge is 0.435 e. The summed E-state index contributed by atoms with van der Waals surface area (Å²) in [5, 5.41) is 4.72. The van der Waals surface area contributed by atoms with E-state index in [-0.39, 0.29) is 0 Å². The molecular formula is C31H18N2OS. The van der Waals surface area contributed by atoms with Crippen molar-refractivity contribution in [2.75, 3.05) is 0 Å². The quantitative estimate of drug-likeness (QED) is 0.255. The Morgan fingerprint density at radius 3 is 2.29 bits per heavy atom. The van der Waals surface area contributed by atoms with E-state index < -0.39 is 0 Å². The first-order chi connectivity index (χ1) is 17.4. The number of benzene rings is 5. The fourth-order valence-electron chi connectivity index (χ4n) is 5.36. The molecule has 8 aromatic rings. The Kier molecular flexibility index (Phi) is 3.82. The summed E-state index contributed by atoms with van der Waals surface area (Å²) in [6.07, 6.45) is 0. The van der Waals surface area contributed by atoms with Crippen molar-refractivity contribution in [3.63, 3.8) is 0 Å². The zero-order valence-electron chi connectivity index (χ0n) is 18.6. The number of oxazole rings is 1. The van der Waals surface area contributed by atoms with E-state index in [0.717, 1.165) is 38.6 Å². The topological polar surface area (TPSA) is 31.0 Å². The molecule has 0 unspecified atom stereocenters. The summed E-state index contributed by atoms with van der Waals surface area (Å²) in [4.78, 5) is 4.99. The molecule has 0 fully saturated rings. The van der Waals surface area contributed by atoms with E-state index in [4.69, 9.17) is 9.40 Å². The Morgan fingerprint density at radius 2 is 1.37 bits per heavy atom. The molecular weight excluding hydrogens is 448 g/mol. The van der Waals surface area contributed by atoms with Crippen LogP contribution in [0.15, 0.2) is 114 Å². The van der Waals surface area contributed by atoms with Crippen LogP contribution in [0.2, 0.25) is 0 Å². The fourth-order valence-corrected chi connectivity index (χ4v) is 6.47. The van der Waals surface area contributed by atoms with E-state index >= 15 is 0 Å². The molecule has 0 aliphatic carbocycles. The summed E-state index contributed by atoms with van der Waals surface area (Å²) in [6, 6.07) is 38.2. The van der Waals surface area contributed by atoms with Gasteiger partial charge in [0.2, 0.25) is 5.89 Å². The molecule has 4 heteroatoms. The lowest BCUT2D eigenvalue weighted by molar-refractivity contribution is 0.624. The van der Waals surface area contributed by atoms with Gasteiger partial charge in [-0.2, -0.15) is 0 Å². The Labute approximate surface area is 204 Å². The molecule has 0 bridgehead atoms. The third-order valence-electron chi connectivity index (χ3n) is 6.84. The molecule has 0 atom stereocenters. The summed E-state index contributed by atoms with van der Waals surface area (Å²) in [5.41, 5.74) is 6.21. The number of para-hydroxylation sites is 2. The first-order valence-electron chi connectivity index (χ1n) is 11.7. The maximum absolute atomic E-state index is 6.59. The predicted octanol–water partition coefficient (Wildman–Crippen LogP) is 8.96. The standard InChI is InChI=1S/C31H18N2OS/c1-2-9-19(10-3-1)33-24-14-6-4-11-20(24)28-22(13-8-15-25(28)33)31-32-23-17-18-27-29(30(23)34-31)21-12-5-7-16-26(21)35-27/h1-18H. The van der Waals surface area contributed by atoms with Crippen molar-refractivity contribution in [3.05, 3.63) is 109 Å². The lowest BCUT2D eigenvalue weighted by atomic mass is 10.1. The van der Waals surface area contributed by atoms with Gasteiger partial charge in [0.05, 0.1) is 11.0 Å². The molecule has 5 aromatic carbocycles. The normalized spacial score (nSPS) is 12.0. The highest BCUT2D eigenvalue weighted by atomic mass is 32.1. The maximum atomic E-state index is 6.59. The summed E-state index contributed by atoms with van der Waals surface area (Å²) in [7, 11) is 0. The van der Waals surface area contributed by atoms with E-state index in [1.54, 1.807) is 11.3 Å². The maximum Gasteiger partial charge on any atom is 0.228 e. The van der Waals surface area contributed by atoms with Crippen molar-refractivity contribution in [1.82, 2.24) is 9.55 Å². The molecule has 3 nitrogen and oxygen atoms in total. The smallest absolute Gasteiger partial charge is 0.228 e. The molecule has 0 N–H and O–H groups in total. The lowest BCUT2D eigenvalue weighted by Crippen LogP contribution is -1.92. The molecule has 0 aliphatic heterocycles. The van der Waals surface area contributed by atoms with Crippen LogP contribution in [-0.4, -0.2) is 9.55 Å².